The molecule has 0 amide bonds. The molecule has 64 valence electrons. The van der Waals surface area contributed by atoms with Gasteiger partial charge in [0, 0.05) is 26.1 Å². The minimum Gasteiger partial charge on any atom is -0.409 e. The fraction of sp³-hybridized carbons (Fsp3) is 0.833. The number of ether oxygens (including phenoxy) is 1. The molecule has 0 spiro atoms. The van der Waals surface area contributed by atoms with E-state index in [9.17, 15) is 5.11 Å². The molecule has 0 saturated carbocycles. The summed E-state index contributed by atoms with van der Waals surface area (Å²) in [5, 5.41) is 20.7. The first-order chi connectivity index (χ1) is 5.19. The van der Waals surface area contributed by atoms with Gasteiger partial charge < -0.3 is 20.8 Å². The lowest BCUT2D eigenvalue weighted by atomic mass is 9.93. The third kappa shape index (κ3) is 1.61. The zero-order valence-corrected chi connectivity index (χ0v) is 6.16. The molecule has 1 rings (SSSR count). The fourth-order valence-corrected chi connectivity index (χ4v) is 1.06. The summed E-state index contributed by atoms with van der Waals surface area (Å²) in [5.41, 5.74) is 4.12. The number of oxime groups is 1. The first-order valence-corrected chi connectivity index (χ1v) is 3.47. The minimum atomic E-state index is -1.16. The van der Waals surface area contributed by atoms with Crippen LogP contribution in [0.1, 0.15) is 12.8 Å². The lowest BCUT2D eigenvalue weighted by Crippen LogP contribution is -2.48. The van der Waals surface area contributed by atoms with Gasteiger partial charge in [0.25, 0.3) is 0 Å². The van der Waals surface area contributed by atoms with Crippen LogP contribution in [0.3, 0.4) is 0 Å². The number of rotatable bonds is 1. The van der Waals surface area contributed by atoms with Crippen molar-refractivity contribution in [3.8, 4) is 0 Å². The third-order valence-electron chi connectivity index (χ3n) is 1.90. The van der Waals surface area contributed by atoms with Crippen molar-refractivity contribution in [2.75, 3.05) is 13.2 Å². The Balaban J connectivity index is 2.64. The smallest absolute Gasteiger partial charge is 0.171 e. The molecule has 0 aromatic heterocycles. The summed E-state index contributed by atoms with van der Waals surface area (Å²) in [6.45, 7) is 0.902. The Bertz CT molecular complexity index is 163. The van der Waals surface area contributed by atoms with Gasteiger partial charge in [-0.3, -0.25) is 0 Å². The highest BCUT2D eigenvalue weighted by atomic mass is 16.5. The Labute approximate surface area is 64.4 Å². The van der Waals surface area contributed by atoms with Crippen molar-refractivity contribution in [2.24, 2.45) is 10.9 Å². The molecule has 1 saturated heterocycles. The Kier molecular flexibility index (Phi) is 2.31. The van der Waals surface area contributed by atoms with E-state index in [0.29, 0.717) is 26.1 Å². The summed E-state index contributed by atoms with van der Waals surface area (Å²) in [5.74, 6) is -0.124. The average Bonchev–Trinajstić information content (AvgIpc) is 2.04. The highest BCUT2D eigenvalue weighted by molar-refractivity contribution is 5.88. The van der Waals surface area contributed by atoms with Gasteiger partial charge >= 0.3 is 0 Å². The van der Waals surface area contributed by atoms with Crippen LogP contribution in [0, 0.1) is 0 Å². The maximum absolute atomic E-state index is 9.64. The first-order valence-electron chi connectivity index (χ1n) is 3.47. The van der Waals surface area contributed by atoms with Gasteiger partial charge in [-0.25, -0.2) is 0 Å². The molecule has 0 bridgehead atoms. The van der Waals surface area contributed by atoms with E-state index in [1.165, 1.54) is 0 Å². The van der Waals surface area contributed by atoms with Crippen molar-refractivity contribution in [2.45, 2.75) is 18.4 Å². The summed E-state index contributed by atoms with van der Waals surface area (Å²) in [4.78, 5) is 0. The van der Waals surface area contributed by atoms with Gasteiger partial charge in [0.2, 0.25) is 0 Å². The molecule has 0 aromatic carbocycles. The summed E-state index contributed by atoms with van der Waals surface area (Å²) < 4.78 is 5.01. The van der Waals surface area contributed by atoms with Crippen molar-refractivity contribution in [3.63, 3.8) is 0 Å². The van der Waals surface area contributed by atoms with Gasteiger partial charge in [0.15, 0.2) is 5.84 Å². The lowest BCUT2D eigenvalue weighted by Gasteiger charge is -2.30. The maximum atomic E-state index is 9.64. The molecular weight excluding hydrogens is 148 g/mol. The molecule has 1 aliphatic heterocycles. The number of amidine groups is 1. The zero-order chi connectivity index (χ0) is 8.32. The number of aliphatic hydroxyl groups is 1. The summed E-state index contributed by atoms with van der Waals surface area (Å²) in [6, 6.07) is 0. The van der Waals surface area contributed by atoms with E-state index in [1.807, 2.05) is 0 Å². The van der Waals surface area contributed by atoms with Crippen molar-refractivity contribution < 1.29 is 15.1 Å². The van der Waals surface area contributed by atoms with Gasteiger partial charge in [0.05, 0.1) is 0 Å². The van der Waals surface area contributed by atoms with E-state index in [-0.39, 0.29) is 5.84 Å². The molecule has 0 atom stereocenters. The predicted octanol–water partition coefficient (Wildman–Crippen LogP) is -0.726. The van der Waals surface area contributed by atoms with E-state index in [2.05, 4.69) is 5.16 Å². The Morgan fingerprint density at radius 2 is 2.00 bits per heavy atom. The number of hydrogen-bond donors (Lipinski definition) is 3. The van der Waals surface area contributed by atoms with Crippen molar-refractivity contribution in [1.82, 2.24) is 0 Å². The van der Waals surface area contributed by atoms with Crippen LogP contribution in [0.15, 0.2) is 5.16 Å². The van der Waals surface area contributed by atoms with Crippen LogP contribution in [0.2, 0.25) is 0 Å². The van der Waals surface area contributed by atoms with E-state index in [0.717, 1.165) is 0 Å². The molecule has 0 aromatic rings. The van der Waals surface area contributed by atoms with Crippen LogP contribution in [-0.4, -0.2) is 35.0 Å². The maximum Gasteiger partial charge on any atom is 0.171 e. The standard InChI is InChI=1S/C6H12N2O3/c7-5(8-10)6(9)1-3-11-4-2-6/h9-10H,1-4H2,(H2,7,8). The van der Waals surface area contributed by atoms with Gasteiger partial charge in [-0.2, -0.15) is 0 Å². The van der Waals surface area contributed by atoms with E-state index >= 15 is 0 Å². The van der Waals surface area contributed by atoms with Crippen molar-refractivity contribution >= 4 is 5.84 Å². The second-order valence-electron chi connectivity index (χ2n) is 2.63. The Hall–Kier alpha value is -0.810. The average molecular weight is 160 g/mol. The second-order valence-corrected chi connectivity index (χ2v) is 2.63. The predicted molar refractivity (Wildman–Crippen MR) is 38.4 cm³/mol. The van der Waals surface area contributed by atoms with Crippen LogP contribution in [0.5, 0.6) is 0 Å². The molecule has 5 nitrogen and oxygen atoms in total. The van der Waals surface area contributed by atoms with Gasteiger partial charge in [-0.05, 0) is 0 Å². The number of nitrogens with zero attached hydrogens (tertiary/aromatic N) is 1. The van der Waals surface area contributed by atoms with Crippen LogP contribution < -0.4 is 5.73 Å². The van der Waals surface area contributed by atoms with Crippen LogP contribution in [0.25, 0.3) is 0 Å². The Morgan fingerprint density at radius 3 is 2.45 bits per heavy atom. The summed E-state index contributed by atoms with van der Waals surface area (Å²) >= 11 is 0. The monoisotopic (exact) mass is 160 g/mol. The van der Waals surface area contributed by atoms with Crippen molar-refractivity contribution in [3.05, 3.63) is 0 Å². The molecule has 1 heterocycles. The van der Waals surface area contributed by atoms with Gasteiger partial charge in [-0.1, -0.05) is 5.16 Å². The van der Waals surface area contributed by atoms with Crippen LogP contribution in [-0.2, 0) is 4.74 Å². The summed E-state index contributed by atoms with van der Waals surface area (Å²) in [6.07, 6.45) is 0.784. The van der Waals surface area contributed by atoms with E-state index in [1.54, 1.807) is 0 Å². The molecular formula is C6H12N2O3. The number of hydrogen-bond acceptors (Lipinski definition) is 4. The molecule has 0 unspecified atom stereocenters. The normalized spacial score (nSPS) is 25.0. The topological polar surface area (TPSA) is 88.1 Å². The molecule has 1 aliphatic rings. The zero-order valence-electron chi connectivity index (χ0n) is 6.16. The fourth-order valence-electron chi connectivity index (χ4n) is 1.06. The quantitative estimate of drug-likeness (QED) is 0.204. The van der Waals surface area contributed by atoms with Gasteiger partial charge in [0.1, 0.15) is 5.60 Å². The lowest BCUT2D eigenvalue weighted by molar-refractivity contribution is -0.0221. The first kappa shape index (κ1) is 8.29. The molecule has 4 N–H and O–H groups in total. The summed E-state index contributed by atoms with van der Waals surface area (Å²) in [7, 11) is 0. The van der Waals surface area contributed by atoms with Crippen molar-refractivity contribution in [1.29, 1.82) is 0 Å². The van der Waals surface area contributed by atoms with Crippen LogP contribution >= 0.6 is 0 Å². The van der Waals surface area contributed by atoms with E-state index in [4.69, 9.17) is 15.7 Å². The van der Waals surface area contributed by atoms with E-state index < -0.39 is 5.60 Å². The SMILES string of the molecule is N/C(=N\O)C1(O)CCOCC1. The molecule has 5 heteroatoms. The number of nitrogens with two attached hydrogens (primary N) is 1. The largest absolute Gasteiger partial charge is 0.409 e. The molecule has 0 radical (unpaired) electrons. The van der Waals surface area contributed by atoms with Crippen LogP contribution in [0.4, 0.5) is 0 Å². The van der Waals surface area contributed by atoms with Gasteiger partial charge in [-0.15, -0.1) is 0 Å². The minimum absolute atomic E-state index is 0.124. The third-order valence-corrected chi connectivity index (χ3v) is 1.90. The highest BCUT2D eigenvalue weighted by Crippen LogP contribution is 2.19. The molecule has 0 aliphatic carbocycles. The second kappa shape index (κ2) is 3.06. The highest BCUT2D eigenvalue weighted by Gasteiger charge is 2.34. The Morgan fingerprint density at radius 1 is 1.45 bits per heavy atom. The molecule has 1 fully saturated rings. The molecule has 11 heavy (non-hydrogen) atoms.